The fourth-order valence-electron chi connectivity index (χ4n) is 5.80. The number of rotatable bonds is 7. The number of methoxy groups -OCH3 is 2. The van der Waals surface area contributed by atoms with E-state index in [0.29, 0.717) is 35.3 Å². The zero-order chi connectivity index (χ0) is 30.7. The monoisotopic (exact) mass is 588 g/mol. The molecule has 0 atom stereocenters. The number of hydrogen-bond acceptors (Lipinski definition) is 7. The second-order valence-electron chi connectivity index (χ2n) is 10.6. The first-order valence-electron chi connectivity index (χ1n) is 13.7. The Labute approximate surface area is 252 Å². The summed E-state index contributed by atoms with van der Waals surface area (Å²) in [6, 6.07) is 15.8. The predicted molar refractivity (Wildman–Crippen MR) is 168 cm³/mol. The molecular weight excluding hydrogens is 552 g/mol. The number of nitrogens with zero attached hydrogens (tertiary/aromatic N) is 2. The average Bonchev–Trinajstić information content (AvgIpc) is 3.32. The van der Waals surface area contributed by atoms with E-state index >= 15 is 0 Å². The molecule has 0 unspecified atom stereocenters. The molecule has 42 heavy (non-hydrogen) atoms. The Bertz CT molecular complexity index is 1490. The summed E-state index contributed by atoms with van der Waals surface area (Å²) in [5.74, 6) is -0.826. The van der Waals surface area contributed by atoms with Gasteiger partial charge in [-0.2, -0.15) is 0 Å². The van der Waals surface area contributed by atoms with Crippen LogP contribution in [0.2, 0.25) is 5.02 Å². The zero-order valence-electron chi connectivity index (χ0n) is 25.4. The van der Waals surface area contributed by atoms with Crippen LogP contribution in [0.5, 0.6) is 0 Å². The third-order valence-corrected chi connectivity index (χ3v) is 7.44. The molecule has 220 valence electrons. The van der Waals surface area contributed by atoms with E-state index < -0.39 is 11.9 Å². The lowest BCUT2D eigenvalue weighted by Gasteiger charge is -2.31. The van der Waals surface area contributed by atoms with Gasteiger partial charge in [0, 0.05) is 35.1 Å². The fourth-order valence-corrected chi connectivity index (χ4v) is 5.99. The van der Waals surface area contributed by atoms with Crippen molar-refractivity contribution in [3.8, 4) is 0 Å². The number of benzene rings is 3. The van der Waals surface area contributed by atoms with Gasteiger partial charge in [0.1, 0.15) is 0 Å². The van der Waals surface area contributed by atoms with Gasteiger partial charge >= 0.3 is 11.9 Å². The molecule has 0 aliphatic carbocycles. The quantitative estimate of drug-likeness (QED) is 0.166. The van der Waals surface area contributed by atoms with Crippen LogP contribution in [0, 0.1) is 41.5 Å². The third kappa shape index (κ3) is 6.31. The molecule has 7 nitrogen and oxygen atoms in total. The van der Waals surface area contributed by atoms with Crippen molar-refractivity contribution in [3.05, 3.63) is 110 Å². The summed E-state index contributed by atoms with van der Waals surface area (Å²) in [7, 11) is 2.46. The van der Waals surface area contributed by atoms with Crippen LogP contribution >= 0.6 is 11.6 Å². The molecule has 4 rings (SSSR count). The number of aryl methyl sites for hydroxylation is 6. The molecule has 0 spiro atoms. The fraction of sp³-hybridized carbons (Fsp3) is 0.294. The van der Waals surface area contributed by atoms with E-state index in [0.717, 1.165) is 39.7 Å². The van der Waals surface area contributed by atoms with Crippen molar-refractivity contribution in [1.29, 1.82) is 0 Å². The maximum Gasteiger partial charge on any atom is 0.374 e. The van der Waals surface area contributed by atoms with Crippen LogP contribution in [0.4, 0.5) is 11.4 Å². The molecule has 3 aromatic carbocycles. The molecular formula is C34H37ClN2O5. The van der Waals surface area contributed by atoms with Crippen LogP contribution in [0.15, 0.2) is 66.2 Å². The van der Waals surface area contributed by atoms with Crippen molar-refractivity contribution in [3.63, 3.8) is 0 Å². The van der Waals surface area contributed by atoms with Crippen LogP contribution in [-0.4, -0.2) is 39.2 Å². The Hall–Kier alpha value is -4.23. The first-order chi connectivity index (χ1) is 19.9. The number of esters is 2. The molecule has 0 saturated carbocycles. The average molecular weight is 589 g/mol. The second-order valence-corrected chi connectivity index (χ2v) is 11.0. The van der Waals surface area contributed by atoms with Crippen LogP contribution in [0.25, 0.3) is 5.76 Å². The van der Waals surface area contributed by atoms with Crippen molar-refractivity contribution in [2.75, 3.05) is 37.1 Å². The van der Waals surface area contributed by atoms with Crippen molar-refractivity contribution >= 4 is 40.7 Å². The minimum Gasteiger partial charge on any atom is -0.466 e. The summed E-state index contributed by atoms with van der Waals surface area (Å²) in [5.41, 5.74) is 9.46. The molecule has 1 saturated heterocycles. The van der Waals surface area contributed by atoms with Crippen LogP contribution in [0.1, 0.15) is 38.9 Å². The molecule has 0 bridgehead atoms. The molecule has 1 fully saturated rings. The standard InChI is InChI=1S/C34H37ClN2O5/c1-20-14-22(3)30(23(4)15-20)36-12-13-37(31-24(5)16-21(2)17-25(31)6)33(36)32(26-10-9-11-27(35)18-26)42-28(34(39)41-8)19-29(38)40-7/h9-11,14-19H,12-13H2,1-8H3/b28-19+. The Balaban J connectivity index is 2.10. The number of anilines is 2. The summed E-state index contributed by atoms with van der Waals surface area (Å²) >= 11 is 6.49. The van der Waals surface area contributed by atoms with E-state index in [4.69, 9.17) is 25.8 Å². The number of ether oxygens (including phenoxy) is 3. The Morgan fingerprint density at radius 3 is 1.69 bits per heavy atom. The first-order valence-corrected chi connectivity index (χ1v) is 14.1. The van der Waals surface area contributed by atoms with Gasteiger partial charge in [-0.15, -0.1) is 0 Å². The third-order valence-electron chi connectivity index (χ3n) is 7.21. The minimum atomic E-state index is -0.818. The number of halogens is 1. The molecule has 0 N–H and O–H groups in total. The van der Waals surface area contributed by atoms with E-state index in [1.807, 2.05) is 12.1 Å². The summed E-state index contributed by atoms with van der Waals surface area (Å²) in [6.07, 6.45) is 0.991. The molecule has 8 heteroatoms. The number of carbonyl (C=O) groups excluding carboxylic acids is 2. The highest BCUT2D eigenvalue weighted by Crippen LogP contribution is 2.42. The maximum atomic E-state index is 12.9. The highest BCUT2D eigenvalue weighted by molar-refractivity contribution is 6.30. The molecule has 1 aliphatic heterocycles. The van der Waals surface area contributed by atoms with Gasteiger partial charge in [0.2, 0.25) is 5.76 Å². The lowest BCUT2D eigenvalue weighted by atomic mass is 10.0. The van der Waals surface area contributed by atoms with Gasteiger partial charge in [-0.25, -0.2) is 9.59 Å². The zero-order valence-corrected chi connectivity index (χ0v) is 26.2. The number of carbonyl (C=O) groups is 2. The van der Waals surface area contributed by atoms with Gasteiger partial charge in [0.05, 0.1) is 20.3 Å². The normalized spacial score (nSPS) is 13.4. The summed E-state index contributed by atoms with van der Waals surface area (Å²) in [5, 5.41) is 0.493. The lowest BCUT2D eigenvalue weighted by Crippen LogP contribution is -2.27. The molecule has 0 radical (unpaired) electrons. The van der Waals surface area contributed by atoms with Crippen molar-refractivity contribution in [2.45, 2.75) is 41.5 Å². The first kappa shape index (κ1) is 30.7. The lowest BCUT2D eigenvalue weighted by molar-refractivity contribution is -0.140. The largest absolute Gasteiger partial charge is 0.466 e. The highest BCUT2D eigenvalue weighted by atomic mass is 35.5. The summed E-state index contributed by atoms with van der Waals surface area (Å²) in [4.78, 5) is 29.6. The SMILES string of the molecule is COC(=O)/C=C(/OC(=C1N(c2c(C)cc(C)cc2C)CCN1c1c(C)cc(C)cc1C)c1cccc(Cl)c1)C(=O)OC. The van der Waals surface area contributed by atoms with Crippen LogP contribution in [-0.2, 0) is 23.8 Å². The Morgan fingerprint density at radius 2 is 1.26 bits per heavy atom. The van der Waals surface area contributed by atoms with Gasteiger partial charge in [0.25, 0.3) is 0 Å². The highest BCUT2D eigenvalue weighted by Gasteiger charge is 2.36. The molecule has 1 heterocycles. The Morgan fingerprint density at radius 1 is 0.762 bits per heavy atom. The predicted octanol–water partition coefficient (Wildman–Crippen LogP) is 7.09. The van der Waals surface area contributed by atoms with Gasteiger partial charge in [-0.3, -0.25) is 0 Å². The smallest absolute Gasteiger partial charge is 0.374 e. The minimum absolute atomic E-state index is 0.312. The molecule has 3 aromatic rings. The van der Waals surface area contributed by atoms with E-state index in [9.17, 15) is 9.59 Å². The molecule has 1 aliphatic rings. The van der Waals surface area contributed by atoms with Gasteiger partial charge in [-0.05, 0) is 75.9 Å². The van der Waals surface area contributed by atoms with Crippen molar-refractivity contribution < 1.29 is 23.8 Å². The van der Waals surface area contributed by atoms with Crippen LogP contribution in [0.3, 0.4) is 0 Å². The van der Waals surface area contributed by atoms with E-state index in [1.165, 1.54) is 25.3 Å². The van der Waals surface area contributed by atoms with Gasteiger partial charge < -0.3 is 24.0 Å². The molecule has 0 amide bonds. The van der Waals surface area contributed by atoms with Gasteiger partial charge in [0.15, 0.2) is 11.6 Å². The number of hydrogen-bond donors (Lipinski definition) is 0. The van der Waals surface area contributed by atoms with Crippen molar-refractivity contribution in [2.24, 2.45) is 0 Å². The van der Waals surface area contributed by atoms with E-state index in [2.05, 4.69) is 75.6 Å². The van der Waals surface area contributed by atoms with E-state index in [1.54, 1.807) is 12.1 Å². The Kier molecular flexibility index (Phi) is 9.32. The van der Waals surface area contributed by atoms with Crippen molar-refractivity contribution in [1.82, 2.24) is 0 Å². The van der Waals surface area contributed by atoms with Gasteiger partial charge in [-0.1, -0.05) is 59.1 Å². The topological polar surface area (TPSA) is 68.3 Å². The van der Waals surface area contributed by atoms with Crippen LogP contribution < -0.4 is 9.80 Å². The molecule has 0 aromatic heterocycles. The summed E-state index contributed by atoms with van der Waals surface area (Å²) in [6.45, 7) is 13.8. The maximum absolute atomic E-state index is 12.9. The van der Waals surface area contributed by atoms with E-state index in [-0.39, 0.29) is 5.76 Å². The second kappa shape index (κ2) is 12.7. The summed E-state index contributed by atoms with van der Waals surface area (Å²) < 4.78 is 16.2.